The van der Waals surface area contributed by atoms with E-state index in [1.807, 2.05) is 27.2 Å². The molecule has 1 amide bonds. The summed E-state index contributed by atoms with van der Waals surface area (Å²) in [5.41, 5.74) is 0. The van der Waals surface area contributed by atoms with E-state index in [1.54, 1.807) is 6.08 Å². The van der Waals surface area contributed by atoms with Crippen LogP contribution in [0.1, 0.15) is 277 Å². The van der Waals surface area contributed by atoms with Crippen molar-refractivity contribution in [2.75, 3.05) is 40.9 Å². The number of amides is 1. The second-order valence-corrected chi connectivity index (χ2v) is 22.8. The van der Waals surface area contributed by atoms with Crippen LogP contribution in [0.3, 0.4) is 0 Å². The van der Waals surface area contributed by atoms with E-state index in [0.29, 0.717) is 17.4 Å². The summed E-state index contributed by atoms with van der Waals surface area (Å²) < 4.78 is 23.6. The van der Waals surface area contributed by atoms with E-state index >= 15 is 0 Å². The molecule has 0 aromatic carbocycles. The number of hydrogen-bond donors (Lipinski definition) is 3. The lowest BCUT2D eigenvalue weighted by molar-refractivity contribution is -0.870. The number of aliphatic hydroxyl groups excluding tert-OH is 1. The van der Waals surface area contributed by atoms with E-state index < -0.39 is 20.0 Å². The number of hydrogen-bond acceptors (Lipinski definition) is 5. The molecule has 0 aliphatic carbocycles. The van der Waals surface area contributed by atoms with E-state index in [0.717, 1.165) is 44.9 Å². The summed E-state index contributed by atoms with van der Waals surface area (Å²) in [5.74, 6) is -0.187. The molecule has 0 radical (unpaired) electrons. The maximum atomic E-state index is 12.9. The van der Waals surface area contributed by atoms with Gasteiger partial charge in [-0.1, -0.05) is 255 Å². The molecule has 0 rings (SSSR count). The molecule has 0 fully saturated rings. The van der Waals surface area contributed by atoms with Crippen molar-refractivity contribution in [1.82, 2.24) is 5.32 Å². The van der Waals surface area contributed by atoms with Crippen LogP contribution in [0, 0.1) is 0 Å². The second kappa shape index (κ2) is 51.4. The van der Waals surface area contributed by atoms with Crippen LogP contribution in [0.2, 0.25) is 0 Å². The molecule has 0 heterocycles. The summed E-state index contributed by atoms with van der Waals surface area (Å²) >= 11 is 0. The van der Waals surface area contributed by atoms with Crippen LogP contribution in [-0.2, 0) is 18.4 Å². The molecular formula is C60H116N2O6P+. The van der Waals surface area contributed by atoms with Crippen molar-refractivity contribution in [2.24, 2.45) is 0 Å². The Morgan fingerprint density at radius 2 is 0.841 bits per heavy atom. The number of nitrogens with one attached hydrogen (secondary N) is 1. The van der Waals surface area contributed by atoms with Crippen LogP contribution >= 0.6 is 7.82 Å². The summed E-state index contributed by atoms with van der Waals surface area (Å²) in [7, 11) is 1.56. The molecule has 0 spiro atoms. The predicted octanol–water partition coefficient (Wildman–Crippen LogP) is 17.9. The Labute approximate surface area is 429 Å². The number of carbonyl (C=O) groups is 1. The summed E-state index contributed by atoms with van der Waals surface area (Å²) in [5, 5.41) is 13.8. The van der Waals surface area contributed by atoms with E-state index in [9.17, 15) is 19.4 Å². The van der Waals surface area contributed by atoms with Crippen LogP contribution in [-0.4, -0.2) is 73.4 Å². The van der Waals surface area contributed by atoms with Gasteiger partial charge in [-0.05, 0) is 64.2 Å². The van der Waals surface area contributed by atoms with Gasteiger partial charge in [0.25, 0.3) is 0 Å². The molecule has 0 saturated carbocycles. The molecule has 0 aromatic rings. The predicted molar refractivity (Wildman–Crippen MR) is 300 cm³/mol. The number of phosphoric ester groups is 1. The molecule has 406 valence electrons. The van der Waals surface area contributed by atoms with Gasteiger partial charge >= 0.3 is 7.82 Å². The van der Waals surface area contributed by atoms with E-state index in [1.165, 1.54) is 212 Å². The lowest BCUT2D eigenvalue weighted by atomic mass is 10.0. The molecule has 0 aliphatic heterocycles. The molecule has 0 aromatic heterocycles. The molecule has 69 heavy (non-hydrogen) atoms. The van der Waals surface area contributed by atoms with Crippen LogP contribution in [0.15, 0.2) is 48.6 Å². The van der Waals surface area contributed by atoms with Crippen molar-refractivity contribution < 1.29 is 32.9 Å². The molecule has 0 aliphatic rings. The first-order valence-corrected chi connectivity index (χ1v) is 31.0. The molecule has 9 heteroatoms. The number of phosphoric acid groups is 1. The minimum Gasteiger partial charge on any atom is -0.387 e. The molecule has 0 saturated heterocycles. The molecule has 8 nitrogen and oxygen atoms in total. The highest BCUT2D eigenvalue weighted by molar-refractivity contribution is 7.47. The van der Waals surface area contributed by atoms with E-state index in [4.69, 9.17) is 9.05 Å². The Hall–Kier alpha value is -1.54. The number of carbonyl (C=O) groups excluding carboxylic acids is 1. The van der Waals surface area contributed by atoms with Crippen molar-refractivity contribution >= 4 is 13.7 Å². The zero-order valence-electron chi connectivity index (χ0n) is 46.3. The van der Waals surface area contributed by atoms with Gasteiger partial charge in [0.2, 0.25) is 5.91 Å². The largest absolute Gasteiger partial charge is 0.472 e. The van der Waals surface area contributed by atoms with E-state index in [-0.39, 0.29) is 19.1 Å². The van der Waals surface area contributed by atoms with Gasteiger partial charge < -0.3 is 19.8 Å². The third-order valence-corrected chi connectivity index (χ3v) is 14.3. The van der Waals surface area contributed by atoms with Crippen molar-refractivity contribution in [3.63, 3.8) is 0 Å². The first-order valence-electron chi connectivity index (χ1n) is 29.5. The third-order valence-electron chi connectivity index (χ3n) is 13.3. The average Bonchev–Trinajstić information content (AvgIpc) is 3.31. The van der Waals surface area contributed by atoms with Crippen LogP contribution < -0.4 is 5.32 Å². The normalized spacial score (nSPS) is 14.2. The highest BCUT2D eigenvalue weighted by Crippen LogP contribution is 2.43. The molecule has 3 unspecified atom stereocenters. The van der Waals surface area contributed by atoms with E-state index in [2.05, 4.69) is 55.6 Å². The first kappa shape index (κ1) is 67.5. The Balaban J connectivity index is 3.89. The SMILES string of the molecule is CCCCCC/C=C/CC/C=C/C(O)C(COP(=O)(O)OCC[N+](C)(C)C)NC(=O)CCCCCCCCCCCCCCCCCCC/C=C\C/C=C\CCCCCCCCCCCCCCC. The lowest BCUT2D eigenvalue weighted by Gasteiger charge is -2.25. The minimum absolute atomic E-state index is 0.0559. The number of aliphatic hydroxyl groups is 1. The number of unbranched alkanes of at least 4 members (excludes halogenated alkanes) is 35. The van der Waals surface area contributed by atoms with Crippen molar-refractivity contribution in [2.45, 2.75) is 289 Å². The summed E-state index contributed by atoms with van der Waals surface area (Å²) in [6, 6.07) is -0.861. The zero-order valence-corrected chi connectivity index (χ0v) is 47.2. The van der Waals surface area contributed by atoms with Crippen LogP contribution in [0.4, 0.5) is 0 Å². The van der Waals surface area contributed by atoms with Crippen molar-refractivity contribution in [3.8, 4) is 0 Å². The van der Waals surface area contributed by atoms with Gasteiger partial charge in [-0.3, -0.25) is 13.8 Å². The number of quaternary nitrogens is 1. The quantitative estimate of drug-likeness (QED) is 0.0243. The molecule has 3 N–H and O–H groups in total. The maximum Gasteiger partial charge on any atom is 0.472 e. The summed E-state index contributed by atoms with van der Waals surface area (Å²) in [4.78, 5) is 23.2. The fourth-order valence-electron chi connectivity index (χ4n) is 8.62. The Bertz CT molecular complexity index is 1260. The number of rotatable bonds is 54. The van der Waals surface area contributed by atoms with Gasteiger partial charge in [-0.15, -0.1) is 0 Å². The average molecular weight is 993 g/mol. The second-order valence-electron chi connectivity index (χ2n) is 21.4. The fourth-order valence-corrected chi connectivity index (χ4v) is 9.36. The van der Waals surface area contributed by atoms with Gasteiger partial charge in [-0.25, -0.2) is 4.57 Å². The van der Waals surface area contributed by atoms with Gasteiger partial charge in [0.05, 0.1) is 39.9 Å². The van der Waals surface area contributed by atoms with Gasteiger partial charge in [-0.2, -0.15) is 0 Å². The number of allylic oxidation sites excluding steroid dienone is 7. The third kappa shape index (κ3) is 54.1. The fraction of sp³-hybridized carbons (Fsp3) is 0.850. The van der Waals surface area contributed by atoms with Crippen LogP contribution in [0.5, 0.6) is 0 Å². The van der Waals surface area contributed by atoms with Crippen LogP contribution in [0.25, 0.3) is 0 Å². The molecule has 3 atom stereocenters. The monoisotopic (exact) mass is 992 g/mol. The first-order chi connectivity index (χ1) is 33.5. The standard InChI is InChI=1S/C60H115N2O6P/c1-6-8-10-12-14-16-18-19-20-21-22-23-24-25-26-27-28-29-30-31-32-33-34-35-36-37-38-39-40-41-42-43-44-46-48-50-52-54-60(64)61-58(57-68-69(65,66)67-56-55-62(3,4)5)59(63)53-51-49-47-45-17-15-13-11-9-7-2/h17,26-27,29-30,45,51,53,58-59,63H,6-16,18-25,28,31-44,46-50,52,54-57H2,1-5H3,(H-,61,64,65,66)/p+1/b27-26-,30-29-,45-17+,53-51+. The molecule has 0 bridgehead atoms. The Morgan fingerprint density at radius 3 is 1.26 bits per heavy atom. The topological polar surface area (TPSA) is 105 Å². The summed E-state index contributed by atoms with van der Waals surface area (Å²) in [6.07, 6.45) is 68.3. The van der Waals surface area contributed by atoms with Gasteiger partial charge in [0.15, 0.2) is 0 Å². The Morgan fingerprint density at radius 1 is 0.493 bits per heavy atom. The van der Waals surface area contributed by atoms with Gasteiger partial charge in [0.1, 0.15) is 13.2 Å². The highest BCUT2D eigenvalue weighted by atomic mass is 31.2. The number of nitrogens with zero attached hydrogens (tertiary/aromatic N) is 1. The molecular weight excluding hydrogens is 876 g/mol. The lowest BCUT2D eigenvalue weighted by Crippen LogP contribution is -2.45. The number of likely N-dealkylation sites (N-methyl/N-ethyl adjacent to an activating group) is 1. The van der Waals surface area contributed by atoms with Gasteiger partial charge in [0, 0.05) is 6.42 Å². The highest BCUT2D eigenvalue weighted by Gasteiger charge is 2.27. The summed E-state index contributed by atoms with van der Waals surface area (Å²) in [6.45, 7) is 4.77. The zero-order chi connectivity index (χ0) is 50.6. The van der Waals surface area contributed by atoms with Crippen molar-refractivity contribution in [1.29, 1.82) is 0 Å². The Kier molecular flexibility index (Phi) is 50.2. The van der Waals surface area contributed by atoms with Crippen molar-refractivity contribution in [3.05, 3.63) is 48.6 Å². The minimum atomic E-state index is -4.35. The maximum absolute atomic E-state index is 12.9. The smallest absolute Gasteiger partial charge is 0.387 e.